The topological polar surface area (TPSA) is 59.7 Å². The summed E-state index contributed by atoms with van der Waals surface area (Å²) in [5.41, 5.74) is 1.07. The Labute approximate surface area is 139 Å². The molecule has 3 N–H and O–H groups in total. The number of fused-ring (bicyclic) bond motifs is 1. The molecule has 0 aliphatic carbocycles. The Morgan fingerprint density at radius 1 is 1.05 bits per heavy atom. The first-order valence-electron chi connectivity index (χ1n) is 6.09. The Morgan fingerprint density at radius 3 is 2.41 bits per heavy atom. The van der Waals surface area contributed by atoms with Crippen LogP contribution in [0, 0.1) is 11.6 Å². The van der Waals surface area contributed by atoms with Crippen LogP contribution < -0.4 is 6.15 Å². The van der Waals surface area contributed by atoms with Crippen LogP contribution in [0.25, 0.3) is 0 Å². The van der Waals surface area contributed by atoms with E-state index >= 15 is 0 Å². The molecule has 7 heteroatoms. The van der Waals surface area contributed by atoms with Gasteiger partial charge in [0.2, 0.25) is 0 Å². The standard InChI is InChI=1S/C15H8BrClF2N2.H3N/c16-14-8(17)4-5-11-13(14)15(21-7-6-20-11)12-9(18)2-1-3-10(12)19;/h1-6H,7H2;1H3. The molecule has 1 aliphatic heterocycles. The molecule has 2 aromatic rings. The second-order valence-corrected chi connectivity index (χ2v) is 5.55. The summed E-state index contributed by atoms with van der Waals surface area (Å²) in [6, 6.07) is 7.08. The molecule has 114 valence electrons. The van der Waals surface area contributed by atoms with Gasteiger partial charge in [-0.05, 0) is 40.2 Å². The monoisotopic (exact) mass is 385 g/mol. The predicted octanol–water partition coefficient (Wildman–Crippen LogP) is 5.10. The van der Waals surface area contributed by atoms with Crippen molar-refractivity contribution in [2.24, 2.45) is 9.98 Å². The first-order chi connectivity index (χ1) is 10.1. The first kappa shape index (κ1) is 16.7. The molecular weight excluding hydrogens is 376 g/mol. The maximum atomic E-state index is 14.1. The maximum absolute atomic E-state index is 14.1. The van der Waals surface area contributed by atoms with E-state index in [9.17, 15) is 8.78 Å². The van der Waals surface area contributed by atoms with Crippen LogP contribution in [-0.4, -0.2) is 18.5 Å². The van der Waals surface area contributed by atoms with Crippen molar-refractivity contribution in [3.8, 4) is 0 Å². The molecule has 2 aromatic carbocycles. The van der Waals surface area contributed by atoms with Crippen LogP contribution in [0.4, 0.5) is 14.5 Å². The first-order valence-corrected chi connectivity index (χ1v) is 7.26. The maximum Gasteiger partial charge on any atom is 0.135 e. The third kappa shape index (κ3) is 2.82. The highest BCUT2D eigenvalue weighted by molar-refractivity contribution is 9.10. The summed E-state index contributed by atoms with van der Waals surface area (Å²) in [7, 11) is 0. The zero-order valence-corrected chi connectivity index (χ0v) is 13.6. The van der Waals surface area contributed by atoms with Gasteiger partial charge in [0.1, 0.15) is 11.6 Å². The van der Waals surface area contributed by atoms with Crippen LogP contribution in [0.5, 0.6) is 0 Å². The van der Waals surface area contributed by atoms with Gasteiger partial charge in [0.05, 0.1) is 28.5 Å². The lowest BCUT2D eigenvalue weighted by atomic mass is 9.99. The van der Waals surface area contributed by atoms with Crippen molar-refractivity contribution < 1.29 is 8.78 Å². The Bertz CT molecular complexity index is 770. The molecule has 0 spiro atoms. The van der Waals surface area contributed by atoms with Crippen molar-refractivity contribution in [2.45, 2.75) is 0 Å². The minimum absolute atomic E-state index is 0. The SMILES string of the molecule is Fc1cccc(F)c1C1=NCC=Nc2ccc(Cl)c(Br)c21.N. The zero-order chi connectivity index (χ0) is 15.0. The number of nitrogens with zero attached hydrogens (tertiary/aromatic N) is 2. The minimum atomic E-state index is -0.673. The third-order valence-corrected chi connectivity index (χ3v) is 4.44. The molecule has 1 heterocycles. The summed E-state index contributed by atoms with van der Waals surface area (Å²) in [6.45, 7) is 0.238. The summed E-state index contributed by atoms with van der Waals surface area (Å²) in [4.78, 5) is 8.51. The van der Waals surface area contributed by atoms with Crippen LogP contribution in [0.3, 0.4) is 0 Å². The fourth-order valence-electron chi connectivity index (χ4n) is 2.15. The lowest BCUT2D eigenvalue weighted by Crippen LogP contribution is -2.10. The van der Waals surface area contributed by atoms with E-state index in [2.05, 4.69) is 25.9 Å². The highest BCUT2D eigenvalue weighted by Crippen LogP contribution is 2.36. The van der Waals surface area contributed by atoms with Crippen molar-refractivity contribution in [2.75, 3.05) is 6.54 Å². The van der Waals surface area contributed by atoms with Gasteiger partial charge in [-0.1, -0.05) is 17.7 Å². The fourth-order valence-corrected chi connectivity index (χ4v) is 2.83. The Hall–Kier alpha value is -1.63. The minimum Gasteiger partial charge on any atom is -0.344 e. The van der Waals surface area contributed by atoms with E-state index in [1.54, 1.807) is 18.3 Å². The molecule has 0 fully saturated rings. The van der Waals surface area contributed by atoms with E-state index < -0.39 is 11.6 Å². The molecule has 0 bridgehead atoms. The van der Waals surface area contributed by atoms with E-state index in [1.165, 1.54) is 18.2 Å². The van der Waals surface area contributed by atoms with Gasteiger partial charge < -0.3 is 6.15 Å². The summed E-state index contributed by atoms with van der Waals surface area (Å²) in [6.07, 6.45) is 1.59. The molecule has 0 saturated carbocycles. The van der Waals surface area contributed by atoms with Gasteiger partial charge in [0.15, 0.2) is 0 Å². The number of halogens is 4. The van der Waals surface area contributed by atoms with E-state index in [4.69, 9.17) is 11.6 Å². The van der Waals surface area contributed by atoms with Crippen LogP contribution in [0.1, 0.15) is 11.1 Å². The molecule has 0 radical (unpaired) electrons. The van der Waals surface area contributed by atoms with E-state index in [0.29, 0.717) is 20.7 Å². The smallest absolute Gasteiger partial charge is 0.135 e. The van der Waals surface area contributed by atoms with E-state index in [-0.39, 0.29) is 24.0 Å². The number of benzene rings is 2. The quantitative estimate of drug-likeness (QED) is 0.728. The fraction of sp³-hybridized carbons (Fsp3) is 0.0667. The van der Waals surface area contributed by atoms with E-state index in [1.807, 2.05) is 0 Å². The van der Waals surface area contributed by atoms with Gasteiger partial charge in [-0.2, -0.15) is 0 Å². The normalized spacial score (nSPS) is 13.0. The average molecular weight is 387 g/mol. The molecular formula is C15H11BrClF2N3. The molecule has 0 atom stereocenters. The highest BCUT2D eigenvalue weighted by Gasteiger charge is 2.23. The van der Waals surface area contributed by atoms with Crippen molar-refractivity contribution in [1.82, 2.24) is 6.15 Å². The van der Waals surface area contributed by atoms with Gasteiger partial charge in [-0.15, -0.1) is 0 Å². The van der Waals surface area contributed by atoms with Gasteiger partial charge in [-0.3, -0.25) is 9.98 Å². The largest absolute Gasteiger partial charge is 0.344 e. The Kier molecular flexibility index (Phi) is 5.05. The third-order valence-electron chi connectivity index (χ3n) is 3.07. The molecule has 0 unspecified atom stereocenters. The highest BCUT2D eigenvalue weighted by atomic mass is 79.9. The van der Waals surface area contributed by atoms with Gasteiger partial charge in [0.25, 0.3) is 0 Å². The summed E-state index contributed by atoms with van der Waals surface area (Å²) in [5, 5.41) is 0.426. The van der Waals surface area contributed by atoms with Gasteiger partial charge >= 0.3 is 0 Å². The second-order valence-electron chi connectivity index (χ2n) is 4.35. The van der Waals surface area contributed by atoms with Crippen LogP contribution >= 0.6 is 27.5 Å². The molecule has 3 rings (SSSR count). The van der Waals surface area contributed by atoms with Crippen molar-refractivity contribution in [1.29, 1.82) is 0 Å². The molecule has 0 saturated heterocycles. The second kappa shape index (κ2) is 6.64. The van der Waals surface area contributed by atoms with Crippen molar-refractivity contribution >= 4 is 45.1 Å². The Morgan fingerprint density at radius 2 is 1.73 bits per heavy atom. The van der Waals surface area contributed by atoms with Crippen LogP contribution in [0.2, 0.25) is 5.02 Å². The van der Waals surface area contributed by atoms with Gasteiger partial charge in [0, 0.05) is 16.3 Å². The van der Waals surface area contributed by atoms with Crippen molar-refractivity contribution in [3.63, 3.8) is 0 Å². The average Bonchev–Trinajstić information content (AvgIpc) is 2.66. The Balaban J connectivity index is 0.00000176. The molecule has 0 aromatic heterocycles. The zero-order valence-electron chi connectivity index (χ0n) is 11.3. The van der Waals surface area contributed by atoms with Crippen molar-refractivity contribution in [3.05, 3.63) is 62.6 Å². The van der Waals surface area contributed by atoms with Crippen LogP contribution in [0.15, 0.2) is 44.8 Å². The summed E-state index contributed by atoms with van der Waals surface area (Å²) < 4.78 is 28.7. The lowest BCUT2D eigenvalue weighted by molar-refractivity contribution is 0.579. The predicted molar refractivity (Wildman–Crippen MR) is 89.2 cm³/mol. The molecule has 1 aliphatic rings. The number of hydrogen-bond acceptors (Lipinski definition) is 3. The summed E-state index contributed by atoms with van der Waals surface area (Å²) in [5.74, 6) is -1.35. The van der Waals surface area contributed by atoms with Crippen LogP contribution in [-0.2, 0) is 0 Å². The van der Waals surface area contributed by atoms with E-state index in [0.717, 1.165) is 0 Å². The summed E-state index contributed by atoms with van der Waals surface area (Å²) >= 11 is 9.45. The van der Waals surface area contributed by atoms with Gasteiger partial charge in [-0.25, -0.2) is 8.78 Å². The molecule has 22 heavy (non-hydrogen) atoms. The number of aliphatic imine (C=N–C) groups is 2. The number of hydrogen-bond donors (Lipinski definition) is 1. The molecule has 0 amide bonds. The number of rotatable bonds is 1. The lowest BCUT2D eigenvalue weighted by Gasteiger charge is -2.13. The molecule has 3 nitrogen and oxygen atoms in total.